The van der Waals surface area contributed by atoms with Crippen molar-refractivity contribution in [2.75, 3.05) is 6.61 Å². The molecule has 0 N–H and O–H groups in total. The summed E-state index contributed by atoms with van der Waals surface area (Å²) in [5.41, 5.74) is -1.97. The lowest BCUT2D eigenvalue weighted by molar-refractivity contribution is 0.126. The molecule has 1 aromatic heterocycles. The molecular formula is C16H10ClF4NO2. The van der Waals surface area contributed by atoms with Crippen LogP contribution in [0, 0.1) is 24.0 Å². The Morgan fingerprint density at radius 1 is 1.25 bits per heavy atom. The van der Waals surface area contributed by atoms with Gasteiger partial charge < -0.3 is 9.30 Å². The van der Waals surface area contributed by atoms with Crippen LogP contribution in [-0.4, -0.2) is 17.6 Å². The van der Waals surface area contributed by atoms with Gasteiger partial charge >= 0.3 is 0 Å². The van der Waals surface area contributed by atoms with E-state index in [9.17, 15) is 22.4 Å². The number of rotatable bonds is 5. The third-order valence-corrected chi connectivity index (χ3v) is 3.33. The first-order valence-corrected chi connectivity index (χ1v) is 6.96. The zero-order valence-electron chi connectivity index (χ0n) is 12.0. The number of pyridine rings is 1. The van der Waals surface area contributed by atoms with E-state index in [0.717, 1.165) is 24.3 Å². The van der Waals surface area contributed by atoms with Gasteiger partial charge in [0.05, 0.1) is 17.8 Å². The predicted octanol–water partition coefficient (Wildman–Crippen LogP) is 3.72. The van der Waals surface area contributed by atoms with Crippen LogP contribution in [0.15, 0.2) is 29.1 Å². The molecule has 24 heavy (non-hydrogen) atoms. The lowest BCUT2D eigenvalue weighted by Gasteiger charge is -2.15. The largest absolute Gasteiger partial charge is 0.481 e. The SMILES string of the molecule is C#CCOc1cc(F)c(-c2ccc(Cl)c(=O)n2CC(F)F)c(F)c1. The smallest absolute Gasteiger partial charge is 0.269 e. The molecule has 1 heterocycles. The maximum atomic E-state index is 14.3. The molecule has 0 spiro atoms. The van der Waals surface area contributed by atoms with E-state index in [1.165, 1.54) is 0 Å². The summed E-state index contributed by atoms with van der Waals surface area (Å²) < 4.78 is 59.4. The summed E-state index contributed by atoms with van der Waals surface area (Å²) in [6.07, 6.45) is 2.07. The molecule has 0 amide bonds. The van der Waals surface area contributed by atoms with Crippen molar-refractivity contribution in [2.24, 2.45) is 0 Å². The minimum Gasteiger partial charge on any atom is -0.481 e. The molecule has 0 unspecified atom stereocenters. The summed E-state index contributed by atoms with van der Waals surface area (Å²) in [5.74, 6) is -0.210. The molecule has 1 aromatic carbocycles. The van der Waals surface area contributed by atoms with Gasteiger partial charge in [0.25, 0.3) is 12.0 Å². The Balaban J connectivity index is 2.62. The molecule has 0 atom stereocenters. The normalized spacial score (nSPS) is 10.7. The average molecular weight is 360 g/mol. The monoisotopic (exact) mass is 359 g/mol. The third-order valence-electron chi connectivity index (χ3n) is 3.04. The van der Waals surface area contributed by atoms with Gasteiger partial charge in [-0.15, -0.1) is 6.42 Å². The molecule has 0 aliphatic carbocycles. The number of hydrogen-bond acceptors (Lipinski definition) is 2. The minimum atomic E-state index is -2.91. The van der Waals surface area contributed by atoms with E-state index in [2.05, 4.69) is 5.92 Å². The van der Waals surface area contributed by atoms with Crippen LogP contribution in [0.2, 0.25) is 5.02 Å². The van der Waals surface area contributed by atoms with E-state index in [0.29, 0.717) is 4.57 Å². The van der Waals surface area contributed by atoms with E-state index < -0.39 is 35.7 Å². The number of hydrogen-bond donors (Lipinski definition) is 0. The molecule has 3 nitrogen and oxygen atoms in total. The average Bonchev–Trinajstić information content (AvgIpc) is 2.51. The minimum absolute atomic E-state index is 0.163. The molecule has 0 aliphatic rings. The van der Waals surface area contributed by atoms with Gasteiger partial charge in [0, 0.05) is 12.1 Å². The Morgan fingerprint density at radius 3 is 2.42 bits per heavy atom. The fourth-order valence-electron chi connectivity index (χ4n) is 2.09. The van der Waals surface area contributed by atoms with Crippen LogP contribution in [0.1, 0.15) is 0 Å². The topological polar surface area (TPSA) is 31.2 Å². The van der Waals surface area contributed by atoms with Crippen LogP contribution in [-0.2, 0) is 6.54 Å². The van der Waals surface area contributed by atoms with Crippen molar-refractivity contribution in [3.8, 4) is 29.4 Å². The van der Waals surface area contributed by atoms with Gasteiger partial charge in [-0.3, -0.25) is 4.79 Å². The molecule has 0 saturated heterocycles. The molecule has 0 radical (unpaired) electrons. The lowest BCUT2D eigenvalue weighted by atomic mass is 10.1. The number of benzene rings is 1. The van der Waals surface area contributed by atoms with Crippen molar-refractivity contribution in [1.82, 2.24) is 4.57 Å². The summed E-state index contributed by atoms with van der Waals surface area (Å²) >= 11 is 5.61. The van der Waals surface area contributed by atoms with Crippen molar-refractivity contribution >= 4 is 11.6 Å². The first kappa shape index (κ1) is 17.9. The molecule has 2 aromatic rings. The second-order valence-corrected chi connectivity index (χ2v) is 5.04. The van der Waals surface area contributed by atoms with Gasteiger partial charge in [0.2, 0.25) is 0 Å². The summed E-state index contributed by atoms with van der Waals surface area (Å²) in [6.45, 7) is -1.25. The van der Waals surface area contributed by atoms with Crippen molar-refractivity contribution < 1.29 is 22.3 Å². The molecule has 0 fully saturated rings. The highest BCUT2D eigenvalue weighted by molar-refractivity contribution is 6.30. The second kappa shape index (κ2) is 7.41. The molecule has 8 heteroatoms. The van der Waals surface area contributed by atoms with Gasteiger partial charge in [-0.2, -0.15) is 0 Å². The standard InChI is InChI=1S/C16H10ClF4NO2/c1-2-5-24-9-6-11(18)15(12(19)7-9)13-4-3-10(17)16(23)22(13)8-14(20)21/h1,3-4,6-7,14H,5,8H2. The maximum Gasteiger partial charge on any atom is 0.269 e. The fraction of sp³-hybridized carbons (Fsp3) is 0.188. The Hall–Kier alpha value is -2.46. The van der Waals surface area contributed by atoms with Crippen LogP contribution in [0.4, 0.5) is 17.6 Å². The van der Waals surface area contributed by atoms with E-state index in [4.69, 9.17) is 22.8 Å². The van der Waals surface area contributed by atoms with Crippen molar-refractivity contribution in [3.63, 3.8) is 0 Å². The molecular weight excluding hydrogens is 350 g/mol. The first-order valence-electron chi connectivity index (χ1n) is 6.58. The van der Waals surface area contributed by atoms with Gasteiger partial charge in [0.1, 0.15) is 29.0 Å². The van der Waals surface area contributed by atoms with Crippen molar-refractivity contribution in [2.45, 2.75) is 13.0 Å². The second-order valence-electron chi connectivity index (χ2n) is 4.63. The highest BCUT2D eigenvalue weighted by Gasteiger charge is 2.20. The van der Waals surface area contributed by atoms with Crippen LogP contribution in [0.3, 0.4) is 0 Å². The lowest BCUT2D eigenvalue weighted by Crippen LogP contribution is -2.25. The Kier molecular flexibility index (Phi) is 5.52. The van der Waals surface area contributed by atoms with Crippen molar-refractivity contribution in [1.29, 1.82) is 0 Å². The summed E-state index contributed by atoms with van der Waals surface area (Å²) in [7, 11) is 0. The molecule has 0 saturated carbocycles. The van der Waals surface area contributed by atoms with Crippen LogP contribution in [0.25, 0.3) is 11.3 Å². The van der Waals surface area contributed by atoms with Crippen LogP contribution in [0.5, 0.6) is 5.75 Å². The van der Waals surface area contributed by atoms with E-state index in [1.807, 2.05) is 0 Å². The van der Waals surface area contributed by atoms with E-state index >= 15 is 0 Å². The zero-order valence-corrected chi connectivity index (χ0v) is 12.8. The Bertz CT molecular complexity index is 835. The molecule has 0 aliphatic heterocycles. The Labute approximate surface area is 139 Å². The van der Waals surface area contributed by atoms with Gasteiger partial charge in [-0.05, 0) is 12.1 Å². The maximum absolute atomic E-state index is 14.3. The highest BCUT2D eigenvalue weighted by atomic mass is 35.5. The number of alkyl halides is 2. The first-order chi connectivity index (χ1) is 11.3. The van der Waals surface area contributed by atoms with Gasteiger partial charge in [-0.1, -0.05) is 17.5 Å². The number of terminal acetylenes is 1. The number of aromatic nitrogens is 1. The number of halogens is 5. The van der Waals surface area contributed by atoms with Crippen LogP contribution < -0.4 is 10.3 Å². The third kappa shape index (κ3) is 3.71. The quantitative estimate of drug-likeness (QED) is 0.602. The summed E-state index contributed by atoms with van der Waals surface area (Å²) in [6, 6.07) is 3.88. The predicted molar refractivity (Wildman–Crippen MR) is 81.4 cm³/mol. The van der Waals surface area contributed by atoms with Crippen LogP contribution >= 0.6 is 11.6 Å². The number of ether oxygens (including phenoxy) is 1. The highest BCUT2D eigenvalue weighted by Crippen LogP contribution is 2.30. The van der Waals surface area contributed by atoms with Crippen molar-refractivity contribution in [3.05, 3.63) is 51.3 Å². The zero-order chi connectivity index (χ0) is 17.9. The molecule has 0 bridgehead atoms. The summed E-state index contributed by atoms with van der Waals surface area (Å²) in [5, 5.41) is -0.339. The Morgan fingerprint density at radius 2 is 1.88 bits per heavy atom. The van der Waals surface area contributed by atoms with Gasteiger partial charge in [-0.25, -0.2) is 17.6 Å². The summed E-state index contributed by atoms with van der Waals surface area (Å²) in [4.78, 5) is 11.9. The fourth-order valence-corrected chi connectivity index (χ4v) is 2.26. The van der Waals surface area contributed by atoms with E-state index in [-0.39, 0.29) is 23.1 Å². The molecule has 2 rings (SSSR count). The number of nitrogens with zero attached hydrogens (tertiary/aromatic N) is 1. The molecule has 126 valence electrons. The van der Waals surface area contributed by atoms with E-state index in [1.54, 1.807) is 0 Å². The van der Waals surface area contributed by atoms with Gasteiger partial charge in [0.15, 0.2) is 0 Å².